The van der Waals surface area contributed by atoms with Crippen LogP contribution in [-0.4, -0.2) is 14.8 Å². The Labute approximate surface area is 92.8 Å². The lowest BCUT2D eigenvalue weighted by Crippen LogP contribution is -2.11. The molecule has 8 nitrogen and oxygen atoms in total. The average Bonchev–Trinajstić information content (AvgIpc) is 2.26. The number of pyridine rings is 1. The zero-order chi connectivity index (χ0) is 12.6. The number of H-pyrrole nitrogens is 1. The smallest absolute Gasteiger partial charge is 0.316 e. The zero-order valence-electron chi connectivity index (χ0n) is 8.25. The van der Waals surface area contributed by atoms with Crippen molar-refractivity contribution < 1.29 is 9.85 Å². The second kappa shape index (κ2) is 3.67. The lowest BCUT2D eigenvalue weighted by molar-refractivity contribution is -0.386. The minimum Gasteiger partial charge on any atom is -0.316 e. The van der Waals surface area contributed by atoms with Crippen molar-refractivity contribution in [3.63, 3.8) is 0 Å². The van der Waals surface area contributed by atoms with Crippen LogP contribution in [0.2, 0.25) is 0 Å². The monoisotopic (exact) mass is 235 g/mol. The number of rotatable bonds is 2. The van der Waals surface area contributed by atoms with Crippen LogP contribution in [0, 0.1) is 20.2 Å². The Morgan fingerprint density at radius 3 is 2.35 bits per heavy atom. The highest BCUT2D eigenvalue weighted by molar-refractivity contribution is 5.82. The van der Waals surface area contributed by atoms with Crippen LogP contribution in [0.5, 0.6) is 0 Å². The second-order valence-electron chi connectivity index (χ2n) is 3.27. The first kappa shape index (κ1) is 10.7. The van der Waals surface area contributed by atoms with E-state index in [2.05, 4.69) is 4.98 Å². The molecule has 1 N–H and O–H groups in total. The SMILES string of the molecule is O=c1[nH]c2cc([N+](=O)[O-])ccc2cc1[N+](=O)[O-]. The second-order valence-corrected chi connectivity index (χ2v) is 3.27. The number of nitrogens with zero attached hydrogens (tertiary/aromatic N) is 2. The van der Waals surface area contributed by atoms with E-state index in [9.17, 15) is 25.0 Å². The third kappa shape index (κ3) is 1.83. The van der Waals surface area contributed by atoms with Crippen molar-refractivity contribution >= 4 is 22.3 Å². The van der Waals surface area contributed by atoms with Crippen LogP contribution in [0.1, 0.15) is 0 Å². The topological polar surface area (TPSA) is 119 Å². The molecule has 0 bridgehead atoms. The number of aromatic amines is 1. The molecule has 0 aliphatic carbocycles. The quantitative estimate of drug-likeness (QED) is 0.622. The highest BCUT2D eigenvalue weighted by Crippen LogP contribution is 2.20. The molecule has 86 valence electrons. The molecule has 0 aliphatic rings. The highest BCUT2D eigenvalue weighted by atomic mass is 16.6. The number of hydrogen-bond donors (Lipinski definition) is 1. The van der Waals surface area contributed by atoms with Gasteiger partial charge in [-0.3, -0.25) is 25.0 Å². The van der Waals surface area contributed by atoms with E-state index >= 15 is 0 Å². The lowest BCUT2D eigenvalue weighted by Gasteiger charge is -1.97. The summed E-state index contributed by atoms with van der Waals surface area (Å²) >= 11 is 0. The fraction of sp³-hybridized carbons (Fsp3) is 0. The summed E-state index contributed by atoms with van der Waals surface area (Å²) in [7, 11) is 0. The van der Waals surface area contributed by atoms with Crippen molar-refractivity contribution in [2.45, 2.75) is 0 Å². The van der Waals surface area contributed by atoms with Crippen LogP contribution in [0.15, 0.2) is 29.1 Å². The number of nitro benzene ring substituents is 1. The summed E-state index contributed by atoms with van der Waals surface area (Å²) in [4.78, 5) is 33.1. The largest absolute Gasteiger partial charge is 0.334 e. The molecule has 1 aromatic heterocycles. The zero-order valence-corrected chi connectivity index (χ0v) is 8.25. The molecular weight excluding hydrogens is 230 g/mol. The standard InChI is InChI=1S/C9H5N3O5/c13-9-8(12(16)17)3-5-1-2-6(11(14)15)4-7(5)10-9/h1-4H,(H,10,13). The number of nitro groups is 2. The van der Waals surface area contributed by atoms with Crippen molar-refractivity contribution in [2.24, 2.45) is 0 Å². The van der Waals surface area contributed by atoms with E-state index < -0.39 is 21.1 Å². The summed E-state index contributed by atoms with van der Waals surface area (Å²) in [6, 6.07) is 4.79. The van der Waals surface area contributed by atoms with Gasteiger partial charge in [0.2, 0.25) is 0 Å². The van der Waals surface area contributed by atoms with Gasteiger partial charge in [0.15, 0.2) is 0 Å². The van der Waals surface area contributed by atoms with E-state index in [4.69, 9.17) is 0 Å². The fourth-order valence-electron chi connectivity index (χ4n) is 1.43. The molecule has 0 unspecified atom stereocenters. The maximum atomic E-state index is 11.3. The van der Waals surface area contributed by atoms with Crippen LogP contribution < -0.4 is 5.56 Å². The molecule has 0 saturated heterocycles. The summed E-state index contributed by atoms with van der Waals surface area (Å²) < 4.78 is 0. The van der Waals surface area contributed by atoms with Crippen molar-refractivity contribution in [1.82, 2.24) is 4.98 Å². The summed E-state index contributed by atoms with van der Waals surface area (Å²) in [6.45, 7) is 0. The van der Waals surface area contributed by atoms with Crippen LogP contribution in [0.3, 0.4) is 0 Å². The maximum Gasteiger partial charge on any atom is 0.334 e. The Bertz CT molecular complexity index is 691. The van der Waals surface area contributed by atoms with Gasteiger partial charge in [0.25, 0.3) is 5.69 Å². The van der Waals surface area contributed by atoms with Crippen LogP contribution >= 0.6 is 0 Å². The van der Waals surface area contributed by atoms with Gasteiger partial charge in [0.05, 0.1) is 15.4 Å². The molecule has 0 radical (unpaired) electrons. The molecule has 0 atom stereocenters. The minimum atomic E-state index is -0.886. The molecule has 0 saturated carbocycles. The van der Waals surface area contributed by atoms with Crippen molar-refractivity contribution in [3.8, 4) is 0 Å². The van der Waals surface area contributed by atoms with Gasteiger partial charge < -0.3 is 4.98 Å². The molecule has 0 amide bonds. The summed E-state index contributed by atoms with van der Waals surface area (Å²) in [5, 5.41) is 21.4. The maximum absolute atomic E-state index is 11.3. The normalized spacial score (nSPS) is 10.4. The van der Waals surface area contributed by atoms with E-state index in [-0.39, 0.29) is 11.2 Å². The lowest BCUT2D eigenvalue weighted by atomic mass is 10.2. The molecule has 0 spiro atoms. The Morgan fingerprint density at radius 1 is 1.06 bits per heavy atom. The first-order chi connectivity index (χ1) is 7.99. The molecule has 1 aromatic carbocycles. The van der Waals surface area contributed by atoms with Crippen LogP contribution in [-0.2, 0) is 0 Å². The first-order valence-corrected chi connectivity index (χ1v) is 4.45. The summed E-state index contributed by atoms with van der Waals surface area (Å²) in [6.07, 6.45) is 0. The fourth-order valence-corrected chi connectivity index (χ4v) is 1.43. The first-order valence-electron chi connectivity index (χ1n) is 4.45. The molecule has 2 rings (SSSR count). The molecular formula is C9H5N3O5. The van der Waals surface area contributed by atoms with Crippen LogP contribution in [0.4, 0.5) is 11.4 Å². The van der Waals surface area contributed by atoms with Gasteiger partial charge in [0.1, 0.15) is 0 Å². The van der Waals surface area contributed by atoms with Gasteiger partial charge in [-0.05, 0) is 6.07 Å². The Kier molecular flexibility index (Phi) is 2.32. The summed E-state index contributed by atoms with van der Waals surface area (Å²) in [5.41, 5.74) is -1.48. The van der Waals surface area contributed by atoms with Gasteiger partial charge in [0, 0.05) is 23.6 Å². The Balaban J connectivity index is 2.75. The van der Waals surface area contributed by atoms with E-state index in [1.165, 1.54) is 12.1 Å². The van der Waals surface area contributed by atoms with Crippen LogP contribution in [0.25, 0.3) is 10.9 Å². The molecule has 17 heavy (non-hydrogen) atoms. The molecule has 0 aliphatic heterocycles. The van der Waals surface area contributed by atoms with Gasteiger partial charge in [-0.15, -0.1) is 0 Å². The summed E-state index contributed by atoms with van der Waals surface area (Å²) in [5.74, 6) is 0. The van der Waals surface area contributed by atoms with E-state index in [1.54, 1.807) is 0 Å². The predicted molar refractivity (Wildman–Crippen MR) is 57.9 cm³/mol. The number of nitrogens with one attached hydrogen (secondary N) is 1. The number of fused-ring (bicyclic) bond motifs is 1. The van der Waals surface area contributed by atoms with Crippen molar-refractivity contribution in [2.75, 3.05) is 0 Å². The molecule has 8 heteroatoms. The molecule has 1 heterocycles. The number of hydrogen-bond acceptors (Lipinski definition) is 5. The Hall–Kier alpha value is -2.77. The van der Waals surface area contributed by atoms with Gasteiger partial charge in [-0.25, -0.2) is 0 Å². The third-order valence-electron chi connectivity index (χ3n) is 2.22. The van der Waals surface area contributed by atoms with Gasteiger partial charge in [-0.1, -0.05) is 0 Å². The minimum absolute atomic E-state index is 0.190. The number of benzene rings is 1. The van der Waals surface area contributed by atoms with Gasteiger partial charge >= 0.3 is 11.2 Å². The average molecular weight is 235 g/mol. The van der Waals surface area contributed by atoms with Crippen molar-refractivity contribution in [3.05, 3.63) is 54.8 Å². The number of non-ortho nitro benzene ring substituents is 1. The van der Waals surface area contributed by atoms with E-state index in [0.717, 1.165) is 12.1 Å². The van der Waals surface area contributed by atoms with Gasteiger partial charge in [-0.2, -0.15) is 0 Å². The predicted octanol–water partition coefficient (Wildman–Crippen LogP) is 1.34. The van der Waals surface area contributed by atoms with Crippen molar-refractivity contribution in [1.29, 1.82) is 0 Å². The van der Waals surface area contributed by atoms with E-state index in [0.29, 0.717) is 5.39 Å². The van der Waals surface area contributed by atoms with E-state index in [1.807, 2.05) is 0 Å². The molecule has 0 fully saturated rings. The Morgan fingerprint density at radius 2 is 1.76 bits per heavy atom. The molecule has 2 aromatic rings. The third-order valence-corrected chi connectivity index (χ3v) is 2.22. The highest BCUT2D eigenvalue weighted by Gasteiger charge is 2.14. The number of aromatic nitrogens is 1.